The minimum Gasteiger partial charge on any atom is -0.496 e. The molecule has 0 radical (unpaired) electrons. The molecule has 2 aliphatic rings. The smallest absolute Gasteiger partial charge is 0.210 e. The third-order valence-corrected chi connectivity index (χ3v) is 8.96. The number of likely N-dealkylation sites (tertiary alicyclic amines) is 1. The van der Waals surface area contributed by atoms with Crippen molar-refractivity contribution in [3.05, 3.63) is 82.7 Å². The molecular formula is C33H36F2N4O2. The number of rotatable bonds is 8. The Kier molecular flexibility index (Phi) is 7.75. The highest BCUT2D eigenvalue weighted by molar-refractivity contribution is 5.95. The second-order valence-electron chi connectivity index (χ2n) is 11.3. The van der Waals surface area contributed by atoms with Crippen molar-refractivity contribution in [2.75, 3.05) is 33.3 Å². The molecule has 0 bridgehead atoms. The number of hydrogen-bond acceptors (Lipinski definition) is 4. The quantitative estimate of drug-likeness (QED) is 0.254. The van der Waals surface area contributed by atoms with Gasteiger partial charge in [0, 0.05) is 34.7 Å². The molecule has 6 nitrogen and oxygen atoms in total. The van der Waals surface area contributed by atoms with E-state index in [1.807, 2.05) is 11.0 Å². The zero-order chi connectivity index (χ0) is 28.5. The van der Waals surface area contributed by atoms with Gasteiger partial charge in [0.2, 0.25) is 6.41 Å². The van der Waals surface area contributed by atoms with Crippen LogP contribution in [0.3, 0.4) is 0 Å². The minimum atomic E-state index is -0.504. The number of hydrogen-bond donors (Lipinski definition) is 1. The fourth-order valence-electron chi connectivity index (χ4n) is 6.60. The summed E-state index contributed by atoms with van der Waals surface area (Å²) in [5, 5.41) is 0.641. The van der Waals surface area contributed by atoms with E-state index in [1.54, 1.807) is 0 Å². The molecule has 2 aromatic heterocycles. The number of ether oxygens (including phenoxy) is 1. The summed E-state index contributed by atoms with van der Waals surface area (Å²) in [7, 11) is 1.50. The highest BCUT2D eigenvalue weighted by Crippen LogP contribution is 2.39. The van der Waals surface area contributed by atoms with E-state index in [0.29, 0.717) is 33.8 Å². The van der Waals surface area contributed by atoms with E-state index in [9.17, 15) is 9.18 Å². The number of halogens is 2. The number of aromatic nitrogens is 2. The standard InChI is InChI=1S/C33H36F2N4O2/c1-21-26-16-22(5-6-23(26)11-15-39(21)20-40)4-3-12-38-13-9-24(10-14-38)30-18-28-32(29(35)19-36-33(28)37-30)27-17-25(34)7-8-31(27)41-2/h5-8,16-21,24H,3-4,9-15H2,1-2H3,(H,36,37). The number of carbonyl (C=O) groups is 1. The van der Waals surface area contributed by atoms with Crippen LogP contribution in [0.2, 0.25) is 0 Å². The normalized spacial score (nSPS) is 18.0. The average molecular weight is 559 g/mol. The Labute approximate surface area is 239 Å². The SMILES string of the molecule is COc1ccc(F)cc1-c1c(F)cnc2[nH]c(C3CCN(CCCc4ccc5c(c4)C(C)N(C=O)CC5)CC3)cc12. The summed E-state index contributed by atoms with van der Waals surface area (Å²) in [5.74, 6) is -0.203. The van der Waals surface area contributed by atoms with Gasteiger partial charge in [0.05, 0.1) is 19.3 Å². The summed E-state index contributed by atoms with van der Waals surface area (Å²) in [4.78, 5) is 23.5. The van der Waals surface area contributed by atoms with Crippen LogP contribution < -0.4 is 4.74 Å². The molecule has 0 spiro atoms. The topological polar surface area (TPSA) is 61.5 Å². The van der Waals surface area contributed by atoms with E-state index in [2.05, 4.69) is 40.0 Å². The summed E-state index contributed by atoms with van der Waals surface area (Å²) in [6.45, 7) is 5.95. The fraction of sp³-hybridized carbons (Fsp3) is 0.394. The van der Waals surface area contributed by atoms with Gasteiger partial charge < -0.3 is 19.5 Å². The molecule has 4 heterocycles. The predicted octanol–water partition coefficient (Wildman–Crippen LogP) is 6.40. The molecule has 1 amide bonds. The van der Waals surface area contributed by atoms with Crippen LogP contribution in [0.25, 0.3) is 22.2 Å². The molecule has 0 aliphatic carbocycles. The molecule has 6 rings (SSSR count). The molecule has 0 saturated carbocycles. The van der Waals surface area contributed by atoms with Crippen LogP contribution in [-0.2, 0) is 17.6 Å². The van der Waals surface area contributed by atoms with Crippen molar-refractivity contribution < 1.29 is 18.3 Å². The first-order valence-corrected chi connectivity index (χ1v) is 14.5. The maximum absolute atomic E-state index is 15.1. The van der Waals surface area contributed by atoms with Gasteiger partial charge in [-0.3, -0.25) is 4.79 Å². The van der Waals surface area contributed by atoms with E-state index in [-0.39, 0.29) is 6.04 Å². The number of amides is 1. The number of piperidine rings is 1. The lowest BCUT2D eigenvalue weighted by Crippen LogP contribution is -2.34. The second-order valence-corrected chi connectivity index (χ2v) is 11.3. The molecule has 4 aromatic rings. The van der Waals surface area contributed by atoms with Crippen molar-refractivity contribution in [1.82, 2.24) is 19.8 Å². The van der Waals surface area contributed by atoms with Crippen LogP contribution in [0, 0.1) is 11.6 Å². The Morgan fingerprint density at radius 1 is 1.10 bits per heavy atom. The molecule has 1 atom stereocenters. The Bertz CT molecular complexity index is 1560. The third-order valence-electron chi connectivity index (χ3n) is 8.96. The number of nitrogens with one attached hydrogen (secondary N) is 1. The Balaban J connectivity index is 1.09. The average Bonchev–Trinajstić information content (AvgIpc) is 3.42. The first kappa shape index (κ1) is 27.4. The highest BCUT2D eigenvalue weighted by Gasteiger charge is 2.25. The molecule has 2 aromatic carbocycles. The Morgan fingerprint density at radius 2 is 1.93 bits per heavy atom. The first-order valence-electron chi connectivity index (χ1n) is 14.5. The molecule has 1 N–H and O–H groups in total. The molecule has 1 fully saturated rings. The molecule has 2 aliphatic heterocycles. The largest absolute Gasteiger partial charge is 0.496 e. The summed E-state index contributed by atoms with van der Waals surface area (Å²) in [6.07, 6.45) is 7.20. The lowest BCUT2D eigenvalue weighted by molar-refractivity contribution is -0.120. The van der Waals surface area contributed by atoms with Gasteiger partial charge in [0.1, 0.15) is 23.0 Å². The van der Waals surface area contributed by atoms with Gasteiger partial charge in [-0.25, -0.2) is 13.8 Å². The van der Waals surface area contributed by atoms with Crippen LogP contribution in [0.4, 0.5) is 8.78 Å². The highest BCUT2D eigenvalue weighted by atomic mass is 19.1. The summed E-state index contributed by atoms with van der Waals surface area (Å²) in [6, 6.07) is 13.0. The number of pyridine rings is 1. The predicted molar refractivity (Wildman–Crippen MR) is 156 cm³/mol. The monoisotopic (exact) mass is 558 g/mol. The molecule has 41 heavy (non-hydrogen) atoms. The van der Waals surface area contributed by atoms with E-state index in [4.69, 9.17) is 4.74 Å². The van der Waals surface area contributed by atoms with Crippen molar-refractivity contribution in [2.45, 2.75) is 51.0 Å². The lowest BCUT2D eigenvalue weighted by Gasteiger charge is -2.33. The minimum absolute atomic E-state index is 0.138. The van der Waals surface area contributed by atoms with E-state index < -0.39 is 11.6 Å². The van der Waals surface area contributed by atoms with Crippen molar-refractivity contribution in [1.29, 1.82) is 0 Å². The van der Waals surface area contributed by atoms with E-state index in [0.717, 1.165) is 70.4 Å². The number of aryl methyl sites for hydroxylation is 1. The van der Waals surface area contributed by atoms with Crippen molar-refractivity contribution in [3.63, 3.8) is 0 Å². The van der Waals surface area contributed by atoms with Crippen molar-refractivity contribution >= 4 is 17.4 Å². The fourth-order valence-corrected chi connectivity index (χ4v) is 6.60. The number of fused-ring (bicyclic) bond motifs is 2. The number of aromatic amines is 1. The van der Waals surface area contributed by atoms with Gasteiger partial charge in [0.15, 0.2) is 0 Å². The van der Waals surface area contributed by atoms with Crippen molar-refractivity contribution in [2.24, 2.45) is 0 Å². The molecule has 214 valence electrons. The van der Waals surface area contributed by atoms with Crippen molar-refractivity contribution in [3.8, 4) is 16.9 Å². The maximum Gasteiger partial charge on any atom is 0.210 e. The number of nitrogens with zero attached hydrogens (tertiary/aromatic N) is 3. The molecule has 1 saturated heterocycles. The van der Waals surface area contributed by atoms with E-state index in [1.165, 1.54) is 48.2 Å². The van der Waals surface area contributed by atoms with Crippen LogP contribution in [0.15, 0.2) is 48.7 Å². The summed E-state index contributed by atoms with van der Waals surface area (Å²) >= 11 is 0. The van der Waals surface area contributed by atoms with Gasteiger partial charge in [-0.15, -0.1) is 0 Å². The summed E-state index contributed by atoms with van der Waals surface area (Å²) in [5.41, 5.74) is 6.31. The first-order chi connectivity index (χ1) is 19.9. The van der Waals surface area contributed by atoms with Gasteiger partial charge in [-0.2, -0.15) is 0 Å². The van der Waals surface area contributed by atoms with Crippen LogP contribution >= 0.6 is 0 Å². The van der Waals surface area contributed by atoms with Gasteiger partial charge in [0.25, 0.3) is 0 Å². The van der Waals surface area contributed by atoms with Crippen LogP contribution in [0.5, 0.6) is 5.75 Å². The van der Waals surface area contributed by atoms with Crippen LogP contribution in [-0.4, -0.2) is 59.5 Å². The Hall–Kier alpha value is -3.78. The van der Waals surface area contributed by atoms with Crippen LogP contribution in [0.1, 0.15) is 60.5 Å². The lowest BCUT2D eigenvalue weighted by atomic mass is 9.91. The zero-order valence-electron chi connectivity index (χ0n) is 23.6. The number of H-pyrrole nitrogens is 1. The van der Waals surface area contributed by atoms with Gasteiger partial charge >= 0.3 is 0 Å². The zero-order valence-corrected chi connectivity index (χ0v) is 23.6. The Morgan fingerprint density at radius 3 is 2.71 bits per heavy atom. The number of benzene rings is 2. The summed E-state index contributed by atoms with van der Waals surface area (Å²) < 4.78 is 34.6. The van der Waals surface area contributed by atoms with Gasteiger partial charge in [-0.05, 0) is 99.6 Å². The molecule has 8 heteroatoms. The second kappa shape index (κ2) is 11.6. The third kappa shape index (κ3) is 5.45. The maximum atomic E-state index is 15.1. The van der Waals surface area contributed by atoms with E-state index >= 15 is 4.39 Å². The number of carbonyl (C=O) groups excluding carboxylic acids is 1. The number of methoxy groups -OCH3 is 1. The molecular weight excluding hydrogens is 522 g/mol. The van der Waals surface area contributed by atoms with Gasteiger partial charge in [-0.1, -0.05) is 18.2 Å². The molecule has 1 unspecified atom stereocenters.